The van der Waals surface area contributed by atoms with Crippen molar-refractivity contribution in [2.75, 3.05) is 0 Å². The minimum absolute atomic E-state index is 0.0506. The Bertz CT molecular complexity index is 606. The zero-order valence-electron chi connectivity index (χ0n) is 12.7. The van der Waals surface area contributed by atoms with E-state index in [1.165, 1.54) is 19.3 Å². The van der Waals surface area contributed by atoms with Crippen molar-refractivity contribution < 1.29 is 4.79 Å². The normalized spacial score (nSPS) is 12.5. The molecule has 4 heteroatoms. The summed E-state index contributed by atoms with van der Waals surface area (Å²) >= 11 is 5.96. The lowest BCUT2D eigenvalue weighted by Gasteiger charge is -2.12. The number of hydrogen-bond acceptors (Lipinski definition) is 1. The molecule has 1 atom stereocenters. The van der Waals surface area contributed by atoms with Crippen LogP contribution in [0.25, 0.3) is 10.9 Å². The van der Waals surface area contributed by atoms with Crippen LogP contribution in [0.4, 0.5) is 0 Å². The summed E-state index contributed by atoms with van der Waals surface area (Å²) in [6.45, 7) is 4.26. The fraction of sp³-hybridized carbons (Fsp3) is 0.471. The van der Waals surface area contributed by atoms with Crippen molar-refractivity contribution in [1.82, 2.24) is 10.3 Å². The Balaban J connectivity index is 1.92. The molecule has 2 N–H and O–H groups in total. The summed E-state index contributed by atoms with van der Waals surface area (Å²) in [7, 11) is 0. The lowest BCUT2D eigenvalue weighted by Crippen LogP contribution is -2.32. The number of nitrogens with one attached hydrogen (secondary N) is 2. The Morgan fingerprint density at radius 3 is 2.86 bits per heavy atom. The van der Waals surface area contributed by atoms with E-state index in [4.69, 9.17) is 11.6 Å². The van der Waals surface area contributed by atoms with Crippen molar-refractivity contribution in [2.24, 2.45) is 0 Å². The van der Waals surface area contributed by atoms with Gasteiger partial charge >= 0.3 is 0 Å². The first-order valence-electron chi connectivity index (χ1n) is 7.69. The van der Waals surface area contributed by atoms with Crippen LogP contribution in [-0.4, -0.2) is 16.9 Å². The zero-order valence-corrected chi connectivity index (χ0v) is 13.5. The molecule has 2 aromatic rings. The first-order valence-corrected chi connectivity index (χ1v) is 8.07. The van der Waals surface area contributed by atoms with E-state index in [1.54, 1.807) is 0 Å². The Morgan fingerprint density at radius 1 is 1.29 bits per heavy atom. The number of aromatic amines is 1. The molecule has 1 aromatic heterocycles. The van der Waals surface area contributed by atoms with Crippen LogP contribution in [0.5, 0.6) is 0 Å². The Morgan fingerprint density at radius 2 is 2.10 bits per heavy atom. The predicted octanol–water partition coefficient (Wildman–Crippen LogP) is 4.91. The highest BCUT2D eigenvalue weighted by molar-refractivity contribution is 6.31. The molecule has 21 heavy (non-hydrogen) atoms. The molecule has 0 saturated heterocycles. The number of H-pyrrole nitrogens is 1. The lowest BCUT2D eigenvalue weighted by molar-refractivity contribution is 0.0933. The van der Waals surface area contributed by atoms with Crippen LogP contribution in [0.15, 0.2) is 24.3 Å². The van der Waals surface area contributed by atoms with Crippen LogP contribution < -0.4 is 5.32 Å². The standard InChI is InChI=1S/C17H23ClN2O/c1-3-4-5-6-7-12(2)19-17(21)16-11-13-10-14(18)8-9-15(13)20-16/h8-12,20H,3-7H2,1-2H3,(H,19,21)/t12-/m1/s1. The van der Waals surface area contributed by atoms with Crippen LogP contribution >= 0.6 is 11.6 Å². The van der Waals surface area contributed by atoms with E-state index in [0.29, 0.717) is 10.7 Å². The number of carbonyl (C=O) groups is 1. The molecule has 0 aliphatic carbocycles. The van der Waals surface area contributed by atoms with Crippen molar-refractivity contribution in [3.63, 3.8) is 0 Å². The van der Waals surface area contributed by atoms with E-state index in [2.05, 4.69) is 24.1 Å². The van der Waals surface area contributed by atoms with Crippen molar-refractivity contribution in [3.8, 4) is 0 Å². The summed E-state index contributed by atoms with van der Waals surface area (Å²) in [6.07, 6.45) is 5.93. The second kappa shape index (κ2) is 7.51. The largest absolute Gasteiger partial charge is 0.351 e. The Hall–Kier alpha value is -1.48. The minimum atomic E-state index is -0.0506. The molecule has 0 saturated carbocycles. The van der Waals surface area contributed by atoms with Gasteiger partial charge < -0.3 is 10.3 Å². The second-order valence-corrected chi connectivity index (χ2v) is 6.07. The van der Waals surface area contributed by atoms with Crippen molar-refractivity contribution in [1.29, 1.82) is 0 Å². The van der Waals surface area contributed by atoms with Crippen molar-refractivity contribution in [2.45, 2.75) is 52.0 Å². The first-order chi connectivity index (χ1) is 10.1. The third-order valence-corrected chi connectivity index (χ3v) is 3.93. The number of aromatic nitrogens is 1. The molecule has 114 valence electrons. The number of hydrogen-bond donors (Lipinski definition) is 2. The Labute approximate surface area is 131 Å². The molecule has 2 rings (SSSR count). The summed E-state index contributed by atoms with van der Waals surface area (Å²) in [6, 6.07) is 7.61. The number of halogens is 1. The average Bonchev–Trinajstić information content (AvgIpc) is 2.86. The molecule has 0 radical (unpaired) electrons. The molecule has 1 amide bonds. The summed E-state index contributed by atoms with van der Waals surface area (Å²) in [5.74, 6) is -0.0506. The van der Waals surface area contributed by atoms with Crippen molar-refractivity contribution in [3.05, 3.63) is 35.0 Å². The van der Waals surface area contributed by atoms with E-state index in [1.807, 2.05) is 24.3 Å². The van der Waals surface area contributed by atoms with Crippen LogP contribution in [0.1, 0.15) is 56.4 Å². The summed E-state index contributed by atoms with van der Waals surface area (Å²) < 4.78 is 0. The molecule has 3 nitrogen and oxygen atoms in total. The maximum absolute atomic E-state index is 12.2. The van der Waals surface area contributed by atoms with Crippen LogP contribution in [0, 0.1) is 0 Å². The minimum Gasteiger partial charge on any atom is -0.351 e. The highest BCUT2D eigenvalue weighted by Crippen LogP contribution is 2.20. The number of fused-ring (bicyclic) bond motifs is 1. The third-order valence-electron chi connectivity index (χ3n) is 3.70. The molecule has 0 aliphatic rings. The van der Waals surface area contributed by atoms with Gasteiger partial charge in [-0.2, -0.15) is 0 Å². The van der Waals surface area contributed by atoms with Gasteiger partial charge in [0.15, 0.2) is 0 Å². The van der Waals surface area contributed by atoms with Gasteiger partial charge in [0.2, 0.25) is 0 Å². The van der Waals surface area contributed by atoms with Gasteiger partial charge in [0.25, 0.3) is 5.91 Å². The van der Waals surface area contributed by atoms with E-state index < -0.39 is 0 Å². The van der Waals surface area contributed by atoms with E-state index >= 15 is 0 Å². The smallest absolute Gasteiger partial charge is 0.267 e. The third kappa shape index (κ3) is 4.50. The van der Waals surface area contributed by atoms with Gasteiger partial charge in [0, 0.05) is 22.0 Å². The first kappa shape index (κ1) is 15.9. The molecule has 0 aliphatic heterocycles. The topological polar surface area (TPSA) is 44.9 Å². The highest BCUT2D eigenvalue weighted by atomic mass is 35.5. The number of amides is 1. The monoisotopic (exact) mass is 306 g/mol. The molecular weight excluding hydrogens is 284 g/mol. The molecule has 1 aromatic carbocycles. The van der Waals surface area contributed by atoms with E-state index in [0.717, 1.165) is 23.7 Å². The summed E-state index contributed by atoms with van der Waals surface area (Å²) in [5, 5.41) is 4.69. The van der Waals surface area contributed by atoms with Gasteiger partial charge in [-0.1, -0.05) is 44.2 Å². The fourth-order valence-electron chi connectivity index (χ4n) is 2.48. The van der Waals surface area contributed by atoms with Crippen molar-refractivity contribution >= 4 is 28.4 Å². The van der Waals surface area contributed by atoms with Crippen LogP contribution in [0.3, 0.4) is 0 Å². The van der Waals surface area contributed by atoms with Crippen LogP contribution in [-0.2, 0) is 0 Å². The fourth-order valence-corrected chi connectivity index (χ4v) is 2.66. The molecule has 0 spiro atoms. The molecule has 0 bridgehead atoms. The average molecular weight is 307 g/mol. The van der Waals surface area contributed by atoms with E-state index in [-0.39, 0.29) is 11.9 Å². The SMILES string of the molecule is CCCCCC[C@@H](C)NC(=O)c1cc2cc(Cl)ccc2[nH]1. The second-order valence-electron chi connectivity index (χ2n) is 5.64. The van der Waals surface area contributed by atoms with Gasteiger partial charge in [-0.05, 0) is 37.6 Å². The number of rotatable bonds is 7. The number of carbonyl (C=O) groups excluding carboxylic acids is 1. The molecule has 1 heterocycles. The summed E-state index contributed by atoms with van der Waals surface area (Å²) in [4.78, 5) is 15.4. The molecular formula is C17H23ClN2O. The number of benzene rings is 1. The zero-order chi connectivity index (χ0) is 15.2. The Kier molecular flexibility index (Phi) is 5.68. The maximum Gasteiger partial charge on any atom is 0.267 e. The van der Waals surface area contributed by atoms with Gasteiger partial charge in [-0.3, -0.25) is 4.79 Å². The van der Waals surface area contributed by atoms with Gasteiger partial charge in [-0.25, -0.2) is 0 Å². The summed E-state index contributed by atoms with van der Waals surface area (Å²) in [5.41, 5.74) is 1.52. The predicted molar refractivity (Wildman–Crippen MR) is 89.0 cm³/mol. The lowest BCUT2D eigenvalue weighted by atomic mass is 10.1. The highest BCUT2D eigenvalue weighted by Gasteiger charge is 2.12. The molecule has 0 fully saturated rings. The maximum atomic E-state index is 12.2. The van der Waals surface area contributed by atoms with Gasteiger partial charge in [-0.15, -0.1) is 0 Å². The van der Waals surface area contributed by atoms with Gasteiger partial charge in [0.05, 0.1) is 0 Å². The van der Waals surface area contributed by atoms with Gasteiger partial charge in [0.1, 0.15) is 5.69 Å². The van der Waals surface area contributed by atoms with Crippen LogP contribution in [0.2, 0.25) is 5.02 Å². The van der Waals surface area contributed by atoms with E-state index in [9.17, 15) is 4.79 Å². The molecule has 0 unspecified atom stereocenters. The quantitative estimate of drug-likeness (QED) is 0.701. The number of unbranched alkanes of at least 4 members (excludes halogenated alkanes) is 3.